The van der Waals surface area contributed by atoms with Crippen LogP contribution in [0.15, 0.2) is 67.8 Å². The van der Waals surface area contributed by atoms with Crippen LogP contribution in [0.1, 0.15) is 31.9 Å². The van der Waals surface area contributed by atoms with Gasteiger partial charge in [0.2, 0.25) is 0 Å². The highest BCUT2D eigenvalue weighted by molar-refractivity contribution is 5.92. The van der Waals surface area contributed by atoms with Gasteiger partial charge in [0.25, 0.3) is 0 Å². The van der Waals surface area contributed by atoms with Crippen molar-refractivity contribution in [2.24, 2.45) is 0 Å². The number of aromatic nitrogens is 9. The van der Waals surface area contributed by atoms with Gasteiger partial charge in [0, 0.05) is 23.7 Å². The quantitative estimate of drug-likeness (QED) is 0.255. The Hall–Kier alpha value is -4.86. The summed E-state index contributed by atoms with van der Waals surface area (Å²) in [5.41, 5.74) is 9.06. The van der Waals surface area contributed by atoms with Crippen molar-refractivity contribution in [3.63, 3.8) is 0 Å². The van der Waals surface area contributed by atoms with E-state index in [1.165, 1.54) is 0 Å². The summed E-state index contributed by atoms with van der Waals surface area (Å²) in [4.78, 5) is 26.3. The summed E-state index contributed by atoms with van der Waals surface area (Å²) in [6.07, 6.45) is 14.0. The molecular formula is C27H26N10. The molecule has 0 saturated heterocycles. The van der Waals surface area contributed by atoms with Crippen LogP contribution in [0, 0.1) is 6.92 Å². The Morgan fingerprint density at radius 1 is 1.05 bits per heavy atom. The fourth-order valence-electron chi connectivity index (χ4n) is 4.30. The highest BCUT2D eigenvalue weighted by atomic mass is 15.2. The Kier molecular flexibility index (Phi) is 5.68. The number of unbranched alkanes of at least 4 members (excludes halogenated alkanes) is 1. The number of allylic oxidation sites excluding steroid dienone is 1. The van der Waals surface area contributed by atoms with Gasteiger partial charge >= 0.3 is 0 Å². The van der Waals surface area contributed by atoms with Gasteiger partial charge in [0.1, 0.15) is 11.0 Å². The second kappa shape index (κ2) is 9.30. The summed E-state index contributed by atoms with van der Waals surface area (Å²) in [5.74, 6) is 0.609. The zero-order valence-corrected chi connectivity index (χ0v) is 20.7. The number of hydrogen-bond donors (Lipinski definition) is 3. The van der Waals surface area contributed by atoms with Crippen molar-refractivity contribution in [3.05, 3.63) is 73.5 Å². The normalized spacial score (nSPS) is 11.4. The average Bonchev–Trinajstić information content (AvgIpc) is 3.64. The molecule has 0 aromatic carbocycles. The summed E-state index contributed by atoms with van der Waals surface area (Å²) in [6.45, 7) is 8.24. The standard InChI is InChI=1S/C27H26N10/c1-4-5-6-16(2)31-19-9-18(10-28-11-19)20-7-8-21-25(32-20)26(36-35-21)27-33-22-12-29-13-23(24(22)34-27)37-14-17(3)30-15-37/h7-15,31H,2,4-6H2,1,3H3,(H,33,34)(H,35,36). The van der Waals surface area contributed by atoms with Crippen LogP contribution in [0.25, 0.3) is 50.5 Å². The Morgan fingerprint density at radius 2 is 1.95 bits per heavy atom. The molecule has 0 aliphatic carbocycles. The third kappa shape index (κ3) is 4.33. The van der Waals surface area contributed by atoms with Crippen molar-refractivity contribution in [1.29, 1.82) is 0 Å². The van der Waals surface area contributed by atoms with Crippen molar-refractivity contribution in [2.75, 3.05) is 5.32 Å². The van der Waals surface area contributed by atoms with E-state index in [4.69, 9.17) is 9.97 Å². The number of nitrogens with one attached hydrogen (secondary N) is 3. The number of fused-ring (bicyclic) bond motifs is 2. The number of rotatable bonds is 8. The largest absolute Gasteiger partial charge is 0.358 e. The number of hydrogen-bond acceptors (Lipinski definition) is 7. The SMILES string of the molecule is C=C(CCCC)Nc1cncc(-c2ccc3[nH]nc(-c4nc5c(-n6cnc(C)c6)cncc5[nH]4)c3n2)c1. The summed E-state index contributed by atoms with van der Waals surface area (Å²) >= 11 is 0. The summed E-state index contributed by atoms with van der Waals surface area (Å²) in [6, 6.07) is 5.96. The second-order valence-electron chi connectivity index (χ2n) is 9.02. The highest BCUT2D eigenvalue weighted by Crippen LogP contribution is 2.29. The van der Waals surface area contributed by atoms with E-state index >= 15 is 0 Å². The highest BCUT2D eigenvalue weighted by Gasteiger charge is 2.17. The van der Waals surface area contributed by atoms with Crippen LogP contribution in [0.3, 0.4) is 0 Å². The van der Waals surface area contributed by atoms with Gasteiger partial charge in [0.15, 0.2) is 11.5 Å². The molecule has 0 aliphatic rings. The van der Waals surface area contributed by atoms with Crippen LogP contribution in [0.4, 0.5) is 5.69 Å². The molecule has 184 valence electrons. The Bertz CT molecular complexity index is 1740. The van der Waals surface area contributed by atoms with Gasteiger partial charge in [-0.2, -0.15) is 5.10 Å². The van der Waals surface area contributed by atoms with E-state index in [2.05, 4.69) is 49.0 Å². The molecule has 0 bridgehead atoms. The molecule has 0 radical (unpaired) electrons. The maximum Gasteiger partial charge on any atom is 0.161 e. The molecule has 6 heterocycles. The van der Waals surface area contributed by atoms with E-state index in [1.54, 1.807) is 31.1 Å². The summed E-state index contributed by atoms with van der Waals surface area (Å²) in [7, 11) is 0. The van der Waals surface area contributed by atoms with Gasteiger partial charge in [-0.15, -0.1) is 0 Å². The molecule has 0 fully saturated rings. The first kappa shape index (κ1) is 22.6. The number of anilines is 1. The molecule has 0 saturated carbocycles. The summed E-state index contributed by atoms with van der Waals surface area (Å²) in [5, 5.41) is 11.0. The molecule has 10 heteroatoms. The van der Waals surface area contributed by atoms with Crippen LogP contribution in [0.2, 0.25) is 0 Å². The van der Waals surface area contributed by atoms with Crippen molar-refractivity contribution < 1.29 is 0 Å². The fourth-order valence-corrected chi connectivity index (χ4v) is 4.30. The lowest BCUT2D eigenvalue weighted by atomic mass is 10.1. The Morgan fingerprint density at radius 3 is 2.78 bits per heavy atom. The molecule has 6 aromatic rings. The maximum absolute atomic E-state index is 4.93. The van der Waals surface area contributed by atoms with Crippen molar-refractivity contribution >= 4 is 27.8 Å². The molecule has 0 atom stereocenters. The van der Waals surface area contributed by atoms with Crippen molar-refractivity contribution in [1.82, 2.24) is 44.7 Å². The lowest BCUT2D eigenvalue weighted by Crippen LogP contribution is -1.99. The number of nitrogens with zero attached hydrogens (tertiary/aromatic N) is 7. The minimum absolute atomic E-state index is 0.609. The van der Waals surface area contributed by atoms with Gasteiger partial charge in [-0.1, -0.05) is 19.9 Å². The van der Waals surface area contributed by atoms with Crippen molar-refractivity contribution in [3.8, 4) is 28.5 Å². The Labute approximate surface area is 213 Å². The first-order chi connectivity index (χ1) is 18.1. The summed E-state index contributed by atoms with van der Waals surface area (Å²) < 4.78 is 1.92. The third-order valence-electron chi connectivity index (χ3n) is 6.18. The van der Waals surface area contributed by atoms with E-state index < -0.39 is 0 Å². The lowest BCUT2D eigenvalue weighted by Gasteiger charge is -2.10. The number of H-pyrrole nitrogens is 2. The molecule has 6 aromatic heterocycles. The van der Waals surface area contributed by atoms with Gasteiger partial charge in [-0.25, -0.2) is 15.0 Å². The van der Waals surface area contributed by atoms with Gasteiger partial charge < -0.3 is 14.9 Å². The van der Waals surface area contributed by atoms with Crippen LogP contribution in [0.5, 0.6) is 0 Å². The third-order valence-corrected chi connectivity index (χ3v) is 6.18. The van der Waals surface area contributed by atoms with E-state index in [9.17, 15) is 0 Å². The molecule has 37 heavy (non-hydrogen) atoms. The molecule has 0 unspecified atom stereocenters. The smallest absolute Gasteiger partial charge is 0.161 e. The predicted octanol–water partition coefficient (Wildman–Crippen LogP) is 5.57. The number of aromatic amines is 2. The van der Waals surface area contributed by atoms with Crippen LogP contribution in [-0.2, 0) is 0 Å². The monoisotopic (exact) mass is 490 g/mol. The van der Waals surface area contributed by atoms with Gasteiger partial charge in [-0.3, -0.25) is 15.1 Å². The minimum atomic E-state index is 0.609. The molecule has 3 N–H and O–H groups in total. The first-order valence-electron chi connectivity index (χ1n) is 12.2. The van der Waals surface area contributed by atoms with Gasteiger partial charge in [-0.05, 0) is 38.0 Å². The van der Waals surface area contributed by atoms with Crippen LogP contribution >= 0.6 is 0 Å². The minimum Gasteiger partial charge on any atom is -0.358 e. The van der Waals surface area contributed by atoms with Crippen LogP contribution < -0.4 is 5.32 Å². The van der Waals surface area contributed by atoms with Gasteiger partial charge in [0.05, 0.1) is 58.7 Å². The molecule has 0 amide bonds. The molecular weight excluding hydrogens is 464 g/mol. The number of aryl methyl sites for hydroxylation is 1. The average molecular weight is 491 g/mol. The molecule has 6 rings (SSSR count). The van der Waals surface area contributed by atoms with E-state index in [0.717, 1.165) is 75.4 Å². The van der Waals surface area contributed by atoms with E-state index in [1.807, 2.05) is 35.9 Å². The van der Waals surface area contributed by atoms with E-state index in [-0.39, 0.29) is 0 Å². The van der Waals surface area contributed by atoms with Crippen molar-refractivity contribution in [2.45, 2.75) is 33.1 Å². The van der Waals surface area contributed by atoms with Crippen LogP contribution in [-0.4, -0.2) is 44.7 Å². The first-order valence-corrected chi connectivity index (χ1v) is 12.2. The molecule has 0 aliphatic heterocycles. The Balaban J connectivity index is 1.37. The lowest BCUT2D eigenvalue weighted by molar-refractivity contribution is 0.791. The zero-order chi connectivity index (χ0) is 25.4. The maximum atomic E-state index is 4.93. The zero-order valence-electron chi connectivity index (χ0n) is 20.7. The fraction of sp³-hybridized carbons (Fsp3) is 0.185. The topological polar surface area (TPSA) is 126 Å². The molecule has 0 spiro atoms. The van der Waals surface area contributed by atoms with E-state index in [0.29, 0.717) is 11.5 Å². The molecule has 10 nitrogen and oxygen atoms in total. The number of pyridine rings is 3. The number of imidazole rings is 2. The predicted molar refractivity (Wildman–Crippen MR) is 144 cm³/mol. The second-order valence-corrected chi connectivity index (χ2v) is 9.02.